The molecule has 2 aromatic rings. The molecule has 0 aliphatic heterocycles. The van der Waals surface area contributed by atoms with Crippen LogP contribution in [0.15, 0.2) is 35.7 Å². The second kappa shape index (κ2) is 5.02. The van der Waals surface area contributed by atoms with Gasteiger partial charge in [0.2, 0.25) is 0 Å². The van der Waals surface area contributed by atoms with Crippen molar-refractivity contribution < 1.29 is 4.39 Å². The van der Waals surface area contributed by atoms with Crippen LogP contribution >= 0.6 is 11.3 Å². The van der Waals surface area contributed by atoms with Gasteiger partial charge in [-0.3, -0.25) is 0 Å². The maximum atomic E-state index is 13.7. The fourth-order valence-electron chi connectivity index (χ4n) is 2.16. The molecule has 1 saturated carbocycles. The maximum Gasteiger partial charge on any atom is 0.143 e. The van der Waals surface area contributed by atoms with Crippen molar-refractivity contribution in [2.24, 2.45) is 0 Å². The summed E-state index contributed by atoms with van der Waals surface area (Å²) in [6.07, 6.45) is 2.32. The molecule has 0 bridgehead atoms. The molecule has 0 unspecified atom stereocenters. The number of nitriles is 1. The highest BCUT2D eigenvalue weighted by Gasteiger charge is 2.29. The van der Waals surface area contributed by atoms with Crippen LogP contribution in [0.1, 0.15) is 23.3 Å². The molecule has 1 aromatic carbocycles. The van der Waals surface area contributed by atoms with E-state index in [2.05, 4.69) is 16.3 Å². The highest BCUT2D eigenvalue weighted by atomic mass is 32.1. The van der Waals surface area contributed by atoms with Crippen LogP contribution in [0.5, 0.6) is 0 Å². The van der Waals surface area contributed by atoms with Crippen LogP contribution in [0.2, 0.25) is 0 Å². The van der Waals surface area contributed by atoms with Gasteiger partial charge < -0.3 is 4.90 Å². The fraction of sp³-hybridized carbons (Fsp3) is 0.267. The predicted octanol–water partition coefficient (Wildman–Crippen LogP) is 3.93. The summed E-state index contributed by atoms with van der Waals surface area (Å²) in [6.45, 7) is 0.813. The normalized spacial score (nSPS) is 14.1. The van der Waals surface area contributed by atoms with Crippen molar-refractivity contribution in [3.05, 3.63) is 52.0 Å². The first-order valence-electron chi connectivity index (χ1n) is 6.26. The second-order valence-electron chi connectivity index (χ2n) is 4.71. The Labute approximate surface area is 115 Å². The molecule has 0 saturated heterocycles. The van der Waals surface area contributed by atoms with Crippen LogP contribution in [0.25, 0.3) is 0 Å². The second-order valence-corrected chi connectivity index (χ2v) is 5.75. The van der Waals surface area contributed by atoms with Crippen molar-refractivity contribution in [3.63, 3.8) is 0 Å². The van der Waals surface area contributed by atoms with Gasteiger partial charge in [0.15, 0.2) is 0 Å². The molecule has 1 fully saturated rings. The van der Waals surface area contributed by atoms with Gasteiger partial charge in [0.25, 0.3) is 0 Å². The van der Waals surface area contributed by atoms with Crippen LogP contribution in [0, 0.1) is 17.1 Å². The number of thiophene rings is 1. The molecule has 0 amide bonds. The minimum absolute atomic E-state index is 0.107. The van der Waals surface area contributed by atoms with Crippen LogP contribution in [0.4, 0.5) is 10.1 Å². The summed E-state index contributed by atoms with van der Waals surface area (Å²) in [7, 11) is 0. The Morgan fingerprint density at radius 3 is 2.79 bits per heavy atom. The van der Waals surface area contributed by atoms with E-state index >= 15 is 0 Å². The predicted molar refractivity (Wildman–Crippen MR) is 74.6 cm³/mol. The molecule has 1 aromatic heterocycles. The number of nitrogens with zero attached hydrogens (tertiary/aromatic N) is 2. The molecule has 1 aliphatic carbocycles. The number of hydrogen-bond donors (Lipinski definition) is 0. The monoisotopic (exact) mass is 272 g/mol. The zero-order valence-electron chi connectivity index (χ0n) is 10.3. The molecule has 96 valence electrons. The van der Waals surface area contributed by atoms with Gasteiger partial charge in [0, 0.05) is 16.6 Å². The number of anilines is 1. The lowest BCUT2D eigenvalue weighted by atomic mass is 10.2. The number of hydrogen-bond acceptors (Lipinski definition) is 3. The quantitative estimate of drug-likeness (QED) is 0.843. The van der Waals surface area contributed by atoms with Crippen molar-refractivity contribution in [2.75, 3.05) is 4.90 Å². The summed E-state index contributed by atoms with van der Waals surface area (Å²) >= 11 is 1.72. The lowest BCUT2D eigenvalue weighted by Crippen LogP contribution is -2.24. The summed E-state index contributed by atoms with van der Waals surface area (Å²) in [5.41, 5.74) is 0.975. The fourth-order valence-corrected chi connectivity index (χ4v) is 2.86. The van der Waals surface area contributed by atoms with E-state index in [4.69, 9.17) is 5.26 Å². The van der Waals surface area contributed by atoms with Gasteiger partial charge in [-0.1, -0.05) is 6.07 Å². The molecule has 0 atom stereocenters. The Morgan fingerprint density at radius 1 is 1.37 bits per heavy atom. The molecule has 19 heavy (non-hydrogen) atoms. The van der Waals surface area contributed by atoms with E-state index in [1.54, 1.807) is 17.4 Å². The zero-order chi connectivity index (χ0) is 13.2. The van der Waals surface area contributed by atoms with Gasteiger partial charge in [0.1, 0.15) is 11.9 Å². The molecule has 0 radical (unpaired) electrons. The van der Waals surface area contributed by atoms with E-state index in [-0.39, 0.29) is 5.56 Å². The first-order chi connectivity index (χ1) is 9.28. The minimum atomic E-state index is -0.433. The van der Waals surface area contributed by atoms with E-state index in [0.717, 1.165) is 25.1 Å². The van der Waals surface area contributed by atoms with Gasteiger partial charge in [-0.05, 0) is 42.5 Å². The van der Waals surface area contributed by atoms with Crippen molar-refractivity contribution >= 4 is 17.0 Å². The van der Waals surface area contributed by atoms with Crippen molar-refractivity contribution in [3.8, 4) is 6.07 Å². The molecule has 4 heteroatoms. The average molecular weight is 272 g/mol. The molecule has 3 rings (SSSR count). The average Bonchev–Trinajstić information content (AvgIpc) is 3.13. The SMILES string of the molecule is N#Cc1ccc(N(Cc2cccs2)C2CC2)cc1F. The standard InChI is InChI=1S/C15H13FN2S/c16-15-8-13(4-3-11(15)9-17)18(12-5-6-12)10-14-2-1-7-19-14/h1-4,7-8,12H,5-6,10H2. The summed E-state index contributed by atoms with van der Waals surface area (Å²) in [5.74, 6) is -0.433. The molecular formula is C15H13FN2S. The van der Waals surface area contributed by atoms with Gasteiger partial charge in [-0.15, -0.1) is 11.3 Å². The van der Waals surface area contributed by atoms with Crippen LogP contribution in [-0.4, -0.2) is 6.04 Å². The van der Waals surface area contributed by atoms with Crippen molar-refractivity contribution in [2.45, 2.75) is 25.4 Å². The Morgan fingerprint density at radius 2 is 2.21 bits per heavy atom. The van der Waals surface area contributed by atoms with Crippen molar-refractivity contribution in [1.82, 2.24) is 0 Å². The third-order valence-corrected chi connectivity index (χ3v) is 4.16. The van der Waals surface area contributed by atoms with Crippen LogP contribution < -0.4 is 4.90 Å². The van der Waals surface area contributed by atoms with Gasteiger partial charge in [-0.25, -0.2) is 4.39 Å². The molecule has 1 heterocycles. The van der Waals surface area contributed by atoms with E-state index < -0.39 is 5.82 Å². The first-order valence-corrected chi connectivity index (χ1v) is 7.14. The number of benzene rings is 1. The Hall–Kier alpha value is -1.86. The lowest BCUT2D eigenvalue weighted by Gasteiger charge is -2.24. The summed E-state index contributed by atoms with van der Waals surface area (Å²) in [4.78, 5) is 3.51. The Balaban J connectivity index is 1.88. The molecular weight excluding hydrogens is 259 g/mol. The topological polar surface area (TPSA) is 27.0 Å². The highest BCUT2D eigenvalue weighted by molar-refractivity contribution is 7.09. The third kappa shape index (κ3) is 2.61. The van der Waals surface area contributed by atoms with E-state index in [1.165, 1.54) is 10.9 Å². The summed E-state index contributed by atoms with van der Waals surface area (Å²) < 4.78 is 13.7. The molecule has 0 spiro atoms. The maximum absolute atomic E-state index is 13.7. The van der Waals surface area contributed by atoms with E-state index in [9.17, 15) is 4.39 Å². The minimum Gasteiger partial charge on any atom is -0.363 e. The Kier molecular flexibility index (Phi) is 3.22. The van der Waals surface area contributed by atoms with Crippen LogP contribution in [0.3, 0.4) is 0 Å². The summed E-state index contributed by atoms with van der Waals surface area (Å²) in [6, 6.07) is 11.4. The summed E-state index contributed by atoms with van der Waals surface area (Å²) in [5, 5.41) is 10.8. The third-order valence-electron chi connectivity index (χ3n) is 3.30. The molecule has 1 aliphatic rings. The Bertz CT molecular complexity index is 612. The lowest BCUT2D eigenvalue weighted by molar-refractivity contribution is 0.622. The largest absolute Gasteiger partial charge is 0.363 e. The zero-order valence-corrected chi connectivity index (χ0v) is 11.2. The van der Waals surface area contributed by atoms with E-state index in [0.29, 0.717) is 6.04 Å². The van der Waals surface area contributed by atoms with Gasteiger partial charge in [-0.2, -0.15) is 5.26 Å². The molecule has 2 nitrogen and oxygen atoms in total. The smallest absolute Gasteiger partial charge is 0.143 e. The van der Waals surface area contributed by atoms with Crippen LogP contribution in [-0.2, 0) is 6.54 Å². The van der Waals surface area contributed by atoms with Crippen molar-refractivity contribution in [1.29, 1.82) is 5.26 Å². The van der Waals surface area contributed by atoms with Gasteiger partial charge in [0.05, 0.1) is 12.1 Å². The van der Waals surface area contributed by atoms with Gasteiger partial charge >= 0.3 is 0 Å². The highest BCUT2D eigenvalue weighted by Crippen LogP contribution is 2.34. The first kappa shape index (κ1) is 12.2. The number of rotatable bonds is 4. The number of halogens is 1. The molecule has 0 N–H and O–H groups in total. The van der Waals surface area contributed by atoms with E-state index in [1.807, 2.05) is 18.2 Å².